The van der Waals surface area contributed by atoms with Crippen LogP contribution in [-0.2, 0) is 4.79 Å². The van der Waals surface area contributed by atoms with Crippen molar-refractivity contribution in [2.24, 2.45) is 0 Å². The Labute approximate surface area is 151 Å². The van der Waals surface area contributed by atoms with Crippen molar-refractivity contribution in [1.29, 1.82) is 0 Å². The van der Waals surface area contributed by atoms with E-state index in [0.717, 1.165) is 17.4 Å². The Bertz CT molecular complexity index is 960. The van der Waals surface area contributed by atoms with E-state index in [1.165, 1.54) is 11.6 Å². The lowest BCUT2D eigenvalue weighted by atomic mass is 10.0. The van der Waals surface area contributed by atoms with Gasteiger partial charge in [0.15, 0.2) is 6.61 Å². The number of fused-ring (bicyclic) bond motifs is 1. The highest BCUT2D eigenvalue weighted by molar-refractivity contribution is 5.79. The predicted octanol–water partition coefficient (Wildman–Crippen LogP) is 3.75. The van der Waals surface area contributed by atoms with Crippen molar-refractivity contribution in [3.8, 4) is 5.75 Å². The monoisotopic (exact) mass is 351 g/mol. The van der Waals surface area contributed by atoms with E-state index in [1.807, 2.05) is 38.1 Å². The highest BCUT2D eigenvalue weighted by atomic mass is 16.5. The molecule has 26 heavy (non-hydrogen) atoms. The summed E-state index contributed by atoms with van der Waals surface area (Å²) in [5, 5.41) is 3.78. The highest BCUT2D eigenvalue weighted by Crippen LogP contribution is 2.20. The molecule has 5 nitrogen and oxygen atoms in total. The van der Waals surface area contributed by atoms with Crippen LogP contribution in [0.25, 0.3) is 11.0 Å². The van der Waals surface area contributed by atoms with Crippen LogP contribution in [0.5, 0.6) is 5.75 Å². The molecule has 0 saturated carbocycles. The molecule has 1 heterocycles. The number of ether oxygens (including phenoxy) is 1. The second-order valence-corrected chi connectivity index (χ2v) is 6.18. The number of hydrogen-bond acceptors (Lipinski definition) is 4. The van der Waals surface area contributed by atoms with Gasteiger partial charge in [0.2, 0.25) is 0 Å². The summed E-state index contributed by atoms with van der Waals surface area (Å²) >= 11 is 0. The fourth-order valence-corrected chi connectivity index (χ4v) is 2.74. The molecule has 0 aliphatic rings. The molecule has 0 aliphatic heterocycles. The zero-order valence-electron chi connectivity index (χ0n) is 14.8. The molecule has 0 fully saturated rings. The van der Waals surface area contributed by atoms with Gasteiger partial charge in [0, 0.05) is 17.5 Å². The SMILES string of the molecule is CC[C@H](NC(=O)COc1ccc2ccc(=O)oc2c1)c1ccc(C)cc1. The lowest BCUT2D eigenvalue weighted by Crippen LogP contribution is -2.32. The summed E-state index contributed by atoms with van der Waals surface area (Å²) in [6, 6.07) is 16.2. The molecule has 0 unspecified atom stereocenters. The van der Waals surface area contributed by atoms with E-state index in [1.54, 1.807) is 24.3 Å². The lowest BCUT2D eigenvalue weighted by molar-refractivity contribution is -0.123. The number of carbonyl (C=O) groups excluding carboxylic acids is 1. The summed E-state index contributed by atoms with van der Waals surface area (Å²) in [6.07, 6.45) is 0.788. The zero-order valence-corrected chi connectivity index (χ0v) is 14.8. The van der Waals surface area contributed by atoms with Crippen LogP contribution < -0.4 is 15.7 Å². The summed E-state index contributed by atoms with van der Waals surface area (Å²) in [5.41, 5.74) is 2.26. The Hall–Kier alpha value is -3.08. The van der Waals surface area contributed by atoms with Crippen molar-refractivity contribution >= 4 is 16.9 Å². The number of benzene rings is 2. The van der Waals surface area contributed by atoms with Gasteiger partial charge >= 0.3 is 5.63 Å². The van der Waals surface area contributed by atoms with Crippen LogP contribution in [0.1, 0.15) is 30.5 Å². The Balaban J connectivity index is 1.62. The van der Waals surface area contributed by atoms with Crippen molar-refractivity contribution < 1.29 is 13.9 Å². The number of carbonyl (C=O) groups is 1. The van der Waals surface area contributed by atoms with Gasteiger partial charge in [-0.25, -0.2) is 4.79 Å². The third-order valence-corrected chi connectivity index (χ3v) is 4.19. The lowest BCUT2D eigenvalue weighted by Gasteiger charge is -2.18. The van der Waals surface area contributed by atoms with Crippen LogP contribution in [0.2, 0.25) is 0 Å². The first-order valence-corrected chi connectivity index (χ1v) is 8.58. The van der Waals surface area contributed by atoms with Gasteiger partial charge in [-0.15, -0.1) is 0 Å². The molecule has 0 saturated heterocycles. The van der Waals surface area contributed by atoms with Crippen LogP contribution in [0, 0.1) is 6.92 Å². The summed E-state index contributed by atoms with van der Waals surface area (Å²) in [5.74, 6) is 0.275. The van der Waals surface area contributed by atoms with Crippen LogP contribution in [0.15, 0.2) is 63.8 Å². The average molecular weight is 351 g/mol. The number of rotatable bonds is 6. The third kappa shape index (κ3) is 4.30. The van der Waals surface area contributed by atoms with Gasteiger partial charge in [0.25, 0.3) is 5.91 Å². The first kappa shape index (κ1) is 17.7. The van der Waals surface area contributed by atoms with Crippen LogP contribution >= 0.6 is 0 Å². The molecule has 1 N–H and O–H groups in total. The van der Waals surface area contributed by atoms with Crippen molar-refractivity contribution in [3.63, 3.8) is 0 Å². The first-order valence-electron chi connectivity index (χ1n) is 8.58. The third-order valence-electron chi connectivity index (χ3n) is 4.19. The van der Waals surface area contributed by atoms with E-state index in [4.69, 9.17) is 9.15 Å². The van der Waals surface area contributed by atoms with E-state index in [9.17, 15) is 9.59 Å². The van der Waals surface area contributed by atoms with Crippen molar-refractivity contribution in [3.05, 3.63) is 76.1 Å². The first-order chi connectivity index (χ1) is 12.5. The van der Waals surface area contributed by atoms with E-state index in [2.05, 4.69) is 5.32 Å². The van der Waals surface area contributed by atoms with Crippen molar-refractivity contribution in [1.82, 2.24) is 5.32 Å². The number of aryl methyl sites for hydroxylation is 1. The van der Waals surface area contributed by atoms with E-state index in [-0.39, 0.29) is 18.6 Å². The van der Waals surface area contributed by atoms with E-state index >= 15 is 0 Å². The zero-order chi connectivity index (χ0) is 18.5. The normalized spacial score (nSPS) is 11.9. The molecule has 3 rings (SSSR count). The molecule has 1 amide bonds. The fourth-order valence-electron chi connectivity index (χ4n) is 2.74. The van der Waals surface area contributed by atoms with Gasteiger partial charge in [0.1, 0.15) is 11.3 Å². The van der Waals surface area contributed by atoms with Gasteiger partial charge < -0.3 is 14.5 Å². The quantitative estimate of drug-likeness (QED) is 0.687. The largest absolute Gasteiger partial charge is 0.484 e. The van der Waals surface area contributed by atoms with Crippen molar-refractivity contribution in [2.75, 3.05) is 6.61 Å². The molecule has 3 aromatic rings. The maximum absolute atomic E-state index is 12.2. The van der Waals surface area contributed by atoms with E-state index < -0.39 is 5.63 Å². The number of nitrogens with one attached hydrogen (secondary N) is 1. The Morgan fingerprint density at radius 2 is 1.85 bits per heavy atom. The minimum Gasteiger partial charge on any atom is -0.484 e. The number of amides is 1. The number of hydrogen-bond donors (Lipinski definition) is 1. The predicted molar refractivity (Wildman–Crippen MR) is 100 cm³/mol. The summed E-state index contributed by atoms with van der Waals surface area (Å²) in [7, 11) is 0. The molecule has 0 radical (unpaired) electrons. The second-order valence-electron chi connectivity index (χ2n) is 6.18. The molecule has 1 aromatic heterocycles. The Kier molecular flexibility index (Phi) is 5.37. The molecular formula is C21H21NO4. The van der Waals surface area contributed by atoms with Crippen LogP contribution in [0.4, 0.5) is 0 Å². The molecule has 5 heteroatoms. The molecule has 2 aromatic carbocycles. The van der Waals surface area contributed by atoms with Gasteiger partial charge in [-0.05, 0) is 37.1 Å². The average Bonchev–Trinajstić information content (AvgIpc) is 2.65. The molecule has 0 aliphatic carbocycles. The molecular weight excluding hydrogens is 330 g/mol. The Morgan fingerprint density at radius 1 is 1.12 bits per heavy atom. The van der Waals surface area contributed by atoms with Gasteiger partial charge in [-0.1, -0.05) is 36.8 Å². The van der Waals surface area contributed by atoms with E-state index in [0.29, 0.717) is 11.3 Å². The summed E-state index contributed by atoms with van der Waals surface area (Å²) in [6.45, 7) is 3.95. The molecule has 0 spiro atoms. The topological polar surface area (TPSA) is 68.5 Å². The standard InChI is InChI=1S/C21H21NO4/c1-3-18(15-6-4-14(2)5-7-15)22-20(23)13-25-17-10-8-16-9-11-21(24)26-19(16)12-17/h4-12,18H,3,13H2,1-2H3,(H,22,23)/t18-/m0/s1. The van der Waals surface area contributed by atoms with Crippen LogP contribution in [-0.4, -0.2) is 12.5 Å². The summed E-state index contributed by atoms with van der Waals surface area (Å²) in [4.78, 5) is 23.5. The second kappa shape index (κ2) is 7.87. The minimum atomic E-state index is -0.420. The molecule has 0 bridgehead atoms. The van der Waals surface area contributed by atoms with Gasteiger partial charge in [-0.3, -0.25) is 4.79 Å². The van der Waals surface area contributed by atoms with Gasteiger partial charge in [-0.2, -0.15) is 0 Å². The van der Waals surface area contributed by atoms with Crippen LogP contribution in [0.3, 0.4) is 0 Å². The Morgan fingerprint density at radius 3 is 2.58 bits per heavy atom. The summed E-state index contributed by atoms with van der Waals surface area (Å²) < 4.78 is 10.7. The van der Waals surface area contributed by atoms with Gasteiger partial charge in [0.05, 0.1) is 6.04 Å². The molecule has 134 valence electrons. The fraction of sp³-hybridized carbons (Fsp3) is 0.238. The maximum atomic E-state index is 12.2. The smallest absolute Gasteiger partial charge is 0.336 e. The molecule has 1 atom stereocenters. The minimum absolute atomic E-state index is 0.0543. The maximum Gasteiger partial charge on any atom is 0.336 e. The van der Waals surface area contributed by atoms with Crippen molar-refractivity contribution in [2.45, 2.75) is 26.3 Å². The highest BCUT2D eigenvalue weighted by Gasteiger charge is 2.13.